The van der Waals surface area contributed by atoms with Gasteiger partial charge in [0.1, 0.15) is 0 Å². The van der Waals surface area contributed by atoms with Crippen molar-refractivity contribution in [1.29, 1.82) is 0 Å². The Bertz CT molecular complexity index is 239. The molecule has 4 unspecified atom stereocenters. The molecule has 0 radical (unpaired) electrons. The summed E-state index contributed by atoms with van der Waals surface area (Å²) in [6.45, 7) is 7.46. The number of aliphatic hydroxyl groups excluding tert-OH is 1. The van der Waals surface area contributed by atoms with Crippen LogP contribution in [0, 0.1) is 5.92 Å². The second-order valence-corrected chi connectivity index (χ2v) is 5.44. The van der Waals surface area contributed by atoms with Gasteiger partial charge in [-0.3, -0.25) is 4.90 Å². The second-order valence-electron chi connectivity index (χ2n) is 5.44. The van der Waals surface area contributed by atoms with Crippen molar-refractivity contribution in [2.45, 2.75) is 58.2 Å². The average molecular weight is 264 g/mol. The summed E-state index contributed by atoms with van der Waals surface area (Å²) in [5, 5.41) is 12.7. The fourth-order valence-electron chi connectivity index (χ4n) is 2.54. The Morgan fingerprint density at radius 1 is 1.33 bits per heavy atom. The van der Waals surface area contributed by atoms with E-state index in [1.54, 1.807) is 6.92 Å². The predicted octanol–water partition coefficient (Wildman–Crippen LogP) is 1.71. The number of nitrogens with one attached hydrogen (secondary N) is 1. The summed E-state index contributed by atoms with van der Waals surface area (Å²) in [5.41, 5.74) is 0. The SMILES string of the molecule is CCC(C)N1CC(NCC(F)F)CC(C(C)O)C1. The van der Waals surface area contributed by atoms with E-state index < -0.39 is 6.43 Å². The topological polar surface area (TPSA) is 35.5 Å². The molecule has 0 amide bonds. The summed E-state index contributed by atoms with van der Waals surface area (Å²) >= 11 is 0. The van der Waals surface area contributed by atoms with E-state index in [0.717, 1.165) is 25.9 Å². The summed E-state index contributed by atoms with van der Waals surface area (Å²) in [5.74, 6) is 0.169. The zero-order chi connectivity index (χ0) is 13.7. The molecule has 5 heteroatoms. The first-order valence-electron chi connectivity index (χ1n) is 6.87. The third kappa shape index (κ3) is 4.78. The molecule has 0 spiro atoms. The molecule has 0 saturated carbocycles. The lowest BCUT2D eigenvalue weighted by Gasteiger charge is -2.42. The number of aliphatic hydroxyl groups is 1. The molecule has 0 aliphatic carbocycles. The molecule has 1 aliphatic rings. The number of piperidine rings is 1. The molecule has 4 atom stereocenters. The summed E-state index contributed by atoms with van der Waals surface area (Å²) in [6, 6.07) is 0.490. The van der Waals surface area contributed by atoms with Gasteiger partial charge in [0.2, 0.25) is 0 Å². The van der Waals surface area contributed by atoms with E-state index in [4.69, 9.17) is 0 Å². The van der Waals surface area contributed by atoms with Crippen LogP contribution in [-0.4, -0.2) is 54.3 Å². The van der Waals surface area contributed by atoms with Gasteiger partial charge in [-0.05, 0) is 32.6 Å². The molecule has 18 heavy (non-hydrogen) atoms. The molecule has 0 aromatic carbocycles. The Balaban J connectivity index is 2.56. The standard InChI is InChI=1S/C13H26F2N2O/c1-4-9(2)17-7-11(10(3)18)5-12(8-17)16-6-13(14)15/h9-13,16,18H,4-8H2,1-3H3. The van der Waals surface area contributed by atoms with E-state index in [1.807, 2.05) is 0 Å². The van der Waals surface area contributed by atoms with Crippen molar-refractivity contribution in [3.63, 3.8) is 0 Å². The molecule has 0 bridgehead atoms. The molecule has 1 fully saturated rings. The maximum atomic E-state index is 12.2. The van der Waals surface area contributed by atoms with Gasteiger partial charge in [-0.1, -0.05) is 6.92 Å². The maximum absolute atomic E-state index is 12.2. The average Bonchev–Trinajstić information content (AvgIpc) is 2.34. The molecule has 1 saturated heterocycles. The Hall–Kier alpha value is -0.260. The van der Waals surface area contributed by atoms with Crippen molar-refractivity contribution >= 4 is 0 Å². The predicted molar refractivity (Wildman–Crippen MR) is 68.9 cm³/mol. The molecule has 1 rings (SSSR count). The highest BCUT2D eigenvalue weighted by atomic mass is 19.3. The van der Waals surface area contributed by atoms with Crippen molar-refractivity contribution in [3.05, 3.63) is 0 Å². The molecule has 1 aliphatic heterocycles. The lowest BCUT2D eigenvalue weighted by atomic mass is 9.89. The molecular formula is C13H26F2N2O. The van der Waals surface area contributed by atoms with E-state index in [0.29, 0.717) is 6.04 Å². The van der Waals surface area contributed by atoms with Crippen LogP contribution in [0.4, 0.5) is 8.78 Å². The number of hydrogen-bond donors (Lipinski definition) is 2. The number of nitrogens with zero attached hydrogens (tertiary/aromatic N) is 1. The molecule has 108 valence electrons. The molecule has 0 aromatic rings. The van der Waals surface area contributed by atoms with E-state index in [2.05, 4.69) is 24.1 Å². The number of hydrogen-bond acceptors (Lipinski definition) is 3. The zero-order valence-corrected chi connectivity index (χ0v) is 11.6. The van der Waals surface area contributed by atoms with Gasteiger partial charge >= 0.3 is 0 Å². The first kappa shape index (κ1) is 15.8. The second kappa shape index (κ2) is 7.36. The molecule has 1 heterocycles. The quantitative estimate of drug-likeness (QED) is 0.766. The highest BCUT2D eigenvalue weighted by Gasteiger charge is 2.31. The van der Waals surface area contributed by atoms with Crippen molar-refractivity contribution in [3.8, 4) is 0 Å². The van der Waals surface area contributed by atoms with Crippen LogP contribution in [0.1, 0.15) is 33.6 Å². The molecular weight excluding hydrogens is 238 g/mol. The number of likely N-dealkylation sites (tertiary alicyclic amines) is 1. The zero-order valence-electron chi connectivity index (χ0n) is 11.6. The van der Waals surface area contributed by atoms with Gasteiger partial charge in [-0.25, -0.2) is 8.78 Å². The van der Waals surface area contributed by atoms with Gasteiger partial charge in [0, 0.05) is 25.2 Å². The van der Waals surface area contributed by atoms with Crippen LogP contribution in [0.3, 0.4) is 0 Å². The van der Waals surface area contributed by atoms with Gasteiger partial charge in [0.15, 0.2) is 0 Å². The summed E-state index contributed by atoms with van der Waals surface area (Å²) in [6.07, 6.45) is -0.882. The third-order valence-electron chi connectivity index (χ3n) is 3.97. The monoisotopic (exact) mass is 264 g/mol. The fraction of sp³-hybridized carbons (Fsp3) is 1.00. The van der Waals surface area contributed by atoms with Gasteiger partial charge in [0.25, 0.3) is 6.43 Å². The number of alkyl halides is 2. The van der Waals surface area contributed by atoms with Crippen LogP contribution in [0.15, 0.2) is 0 Å². The van der Waals surface area contributed by atoms with E-state index in [1.165, 1.54) is 0 Å². The van der Waals surface area contributed by atoms with Crippen molar-refractivity contribution in [2.24, 2.45) is 5.92 Å². The third-order valence-corrected chi connectivity index (χ3v) is 3.97. The molecule has 0 aromatic heterocycles. The molecule has 2 N–H and O–H groups in total. The Morgan fingerprint density at radius 2 is 2.00 bits per heavy atom. The van der Waals surface area contributed by atoms with E-state index in [9.17, 15) is 13.9 Å². The lowest BCUT2D eigenvalue weighted by Crippen LogP contribution is -2.54. The van der Waals surface area contributed by atoms with Crippen LogP contribution >= 0.6 is 0 Å². The Labute approximate surface area is 109 Å². The van der Waals surface area contributed by atoms with Crippen molar-refractivity contribution in [1.82, 2.24) is 10.2 Å². The summed E-state index contributed by atoms with van der Waals surface area (Å²) in [4.78, 5) is 2.30. The van der Waals surface area contributed by atoms with Gasteiger partial charge < -0.3 is 10.4 Å². The normalized spacial score (nSPS) is 29.5. The Morgan fingerprint density at radius 3 is 2.50 bits per heavy atom. The van der Waals surface area contributed by atoms with Crippen LogP contribution in [0.2, 0.25) is 0 Å². The highest BCUT2D eigenvalue weighted by Crippen LogP contribution is 2.22. The van der Waals surface area contributed by atoms with Crippen LogP contribution in [0.25, 0.3) is 0 Å². The van der Waals surface area contributed by atoms with Crippen LogP contribution in [-0.2, 0) is 0 Å². The minimum atomic E-state index is -2.31. The maximum Gasteiger partial charge on any atom is 0.250 e. The first-order valence-corrected chi connectivity index (χ1v) is 6.87. The van der Waals surface area contributed by atoms with Crippen LogP contribution < -0.4 is 5.32 Å². The minimum Gasteiger partial charge on any atom is -0.393 e. The van der Waals surface area contributed by atoms with Crippen molar-refractivity contribution in [2.75, 3.05) is 19.6 Å². The van der Waals surface area contributed by atoms with Gasteiger partial charge in [-0.15, -0.1) is 0 Å². The summed E-state index contributed by atoms with van der Waals surface area (Å²) < 4.78 is 24.5. The van der Waals surface area contributed by atoms with E-state index in [-0.39, 0.29) is 24.6 Å². The smallest absolute Gasteiger partial charge is 0.250 e. The van der Waals surface area contributed by atoms with Crippen molar-refractivity contribution < 1.29 is 13.9 Å². The minimum absolute atomic E-state index is 0.0568. The highest BCUT2D eigenvalue weighted by molar-refractivity contribution is 4.87. The first-order chi connectivity index (χ1) is 8.43. The molecule has 3 nitrogen and oxygen atoms in total. The lowest BCUT2D eigenvalue weighted by molar-refractivity contribution is 0.0277. The largest absolute Gasteiger partial charge is 0.393 e. The van der Waals surface area contributed by atoms with E-state index >= 15 is 0 Å². The Kier molecular flexibility index (Phi) is 6.46. The number of halogens is 2. The number of rotatable bonds is 6. The van der Waals surface area contributed by atoms with Crippen LogP contribution in [0.5, 0.6) is 0 Å². The fourth-order valence-corrected chi connectivity index (χ4v) is 2.54. The van der Waals surface area contributed by atoms with Gasteiger partial charge in [0.05, 0.1) is 12.6 Å². The summed E-state index contributed by atoms with van der Waals surface area (Å²) in [7, 11) is 0. The van der Waals surface area contributed by atoms with Gasteiger partial charge in [-0.2, -0.15) is 0 Å².